The molecule has 1 heterocycles. The number of hydrogen-bond acceptors (Lipinski definition) is 6. The molecule has 0 aliphatic heterocycles. The Morgan fingerprint density at radius 2 is 1.70 bits per heavy atom. The van der Waals surface area contributed by atoms with Gasteiger partial charge in [0.05, 0.1) is 10.4 Å². The Bertz CT molecular complexity index is 1180. The molecule has 3 aromatic rings. The molecule has 3 rings (SSSR count). The van der Waals surface area contributed by atoms with Gasteiger partial charge in [-0.2, -0.15) is 4.98 Å². The number of benzene rings is 2. The van der Waals surface area contributed by atoms with E-state index in [1.807, 2.05) is 13.0 Å². The van der Waals surface area contributed by atoms with Crippen LogP contribution in [0.5, 0.6) is 0 Å². The maximum absolute atomic E-state index is 12.7. The SMILES string of the molecule is Cc1ccc(C)c(S(=O)(=O)Nc2ccc(C(=O)NC(C)(C)c3noc(C)n3)cc2)c1. The van der Waals surface area contributed by atoms with Crippen LogP contribution in [0.3, 0.4) is 0 Å². The molecule has 0 atom stereocenters. The van der Waals surface area contributed by atoms with Crippen LogP contribution in [0.4, 0.5) is 5.69 Å². The fourth-order valence-corrected chi connectivity index (χ4v) is 4.25. The first-order valence-electron chi connectivity index (χ1n) is 9.31. The highest BCUT2D eigenvalue weighted by molar-refractivity contribution is 7.92. The minimum absolute atomic E-state index is 0.224. The van der Waals surface area contributed by atoms with Crippen molar-refractivity contribution in [1.82, 2.24) is 15.5 Å². The van der Waals surface area contributed by atoms with E-state index in [0.29, 0.717) is 28.5 Å². The first kappa shape index (κ1) is 21.5. The molecule has 0 unspecified atom stereocenters. The van der Waals surface area contributed by atoms with Gasteiger partial charge in [0, 0.05) is 18.2 Å². The van der Waals surface area contributed by atoms with Crippen LogP contribution >= 0.6 is 0 Å². The Morgan fingerprint density at radius 3 is 2.30 bits per heavy atom. The van der Waals surface area contributed by atoms with Crippen LogP contribution < -0.4 is 10.0 Å². The molecule has 8 nitrogen and oxygen atoms in total. The molecule has 0 radical (unpaired) electrons. The third-order valence-corrected chi connectivity index (χ3v) is 6.07. The lowest BCUT2D eigenvalue weighted by molar-refractivity contribution is 0.0907. The van der Waals surface area contributed by atoms with E-state index in [9.17, 15) is 13.2 Å². The van der Waals surface area contributed by atoms with Crippen molar-refractivity contribution in [2.24, 2.45) is 0 Å². The maximum atomic E-state index is 12.7. The van der Waals surface area contributed by atoms with Crippen molar-refractivity contribution in [2.45, 2.75) is 45.1 Å². The van der Waals surface area contributed by atoms with Gasteiger partial charge in [-0.25, -0.2) is 8.42 Å². The van der Waals surface area contributed by atoms with Crippen molar-refractivity contribution in [3.63, 3.8) is 0 Å². The second kappa shape index (κ2) is 7.91. The molecule has 9 heteroatoms. The molecule has 0 spiro atoms. The number of nitrogens with zero attached hydrogens (tertiary/aromatic N) is 2. The number of amides is 1. The lowest BCUT2D eigenvalue weighted by Gasteiger charge is -2.22. The standard InChI is InChI=1S/C21H24N4O4S/c1-13-6-7-14(2)18(12-13)30(27,28)25-17-10-8-16(9-11-17)19(26)23-21(4,5)20-22-15(3)29-24-20/h6-12,25H,1-5H3,(H,23,26). The van der Waals surface area contributed by atoms with E-state index in [4.69, 9.17) is 4.52 Å². The fraction of sp³-hybridized carbons (Fsp3) is 0.286. The Balaban J connectivity index is 1.74. The number of sulfonamides is 1. The number of aromatic nitrogens is 2. The average Bonchev–Trinajstić information content (AvgIpc) is 3.11. The summed E-state index contributed by atoms with van der Waals surface area (Å²) in [5.74, 6) is 0.436. The second-order valence-corrected chi connectivity index (χ2v) is 9.32. The van der Waals surface area contributed by atoms with E-state index in [1.54, 1.807) is 64.1 Å². The largest absolute Gasteiger partial charge is 0.340 e. The maximum Gasteiger partial charge on any atom is 0.262 e. The zero-order valence-corrected chi connectivity index (χ0v) is 18.3. The number of nitrogens with one attached hydrogen (secondary N) is 2. The lowest BCUT2D eigenvalue weighted by Crippen LogP contribution is -2.41. The monoisotopic (exact) mass is 428 g/mol. The smallest absolute Gasteiger partial charge is 0.262 e. The molecule has 30 heavy (non-hydrogen) atoms. The molecule has 158 valence electrons. The van der Waals surface area contributed by atoms with E-state index < -0.39 is 15.6 Å². The summed E-state index contributed by atoms with van der Waals surface area (Å²) in [6, 6.07) is 11.4. The van der Waals surface area contributed by atoms with Crippen LogP contribution in [-0.2, 0) is 15.6 Å². The highest BCUT2D eigenvalue weighted by atomic mass is 32.2. The lowest BCUT2D eigenvalue weighted by atomic mass is 10.0. The van der Waals surface area contributed by atoms with Crippen molar-refractivity contribution in [1.29, 1.82) is 0 Å². The summed E-state index contributed by atoms with van der Waals surface area (Å²) in [6.45, 7) is 8.79. The van der Waals surface area contributed by atoms with Crippen molar-refractivity contribution in [2.75, 3.05) is 4.72 Å². The summed E-state index contributed by atoms with van der Waals surface area (Å²) >= 11 is 0. The van der Waals surface area contributed by atoms with Crippen LogP contribution in [0.15, 0.2) is 51.9 Å². The molecule has 2 aromatic carbocycles. The average molecular weight is 429 g/mol. The number of aryl methyl sites for hydroxylation is 3. The summed E-state index contributed by atoms with van der Waals surface area (Å²) in [4.78, 5) is 17.0. The van der Waals surface area contributed by atoms with Crippen molar-refractivity contribution in [3.8, 4) is 0 Å². The minimum atomic E-state index is -3.74. The summed E-state index contributed by atoms with van der Waals surface area (Å²) in [5, 5.41) is 6.70. The third-order valence-electron chi connectivity index (χ3n) is 4.55. The van der Waals surface area contributed by atoms with Crippen LogP contribution in [0, 0.1) is 20.8 Å². The number of carbonyl (C=O) groups excluding carboxylic acids is 1. The minimum Gasteiger partial charge on any atom is -0.340 e. The van der Waals surface area contributed by atoms with Gasteiger partial charge in [0.25, 0.3) is 15.9 Å². The predicted octanol–water partition coefficient (Wildman–Crippen LogP) is 3.46. The van der Waals surface area contributed by atoms with Crippen molar-refractivity contribution in [3.05, 3.63) is 70.9 Å². The quantitative estimate of drug-likeness (QED) is 0.621. The molecule has 1 aromatic heterocycles. The van der Waals surface area contributed by atoms with Crippen LogP contribution in [0.1, 0.15) is 47.0 Å². The van der Waals surface area contributed by atoms with Gasteiger partial charge >= 0.3 is 0 Å². The fourth-order valence-electron chi connectivity index (χ4n) is 2.86. The van der Waals surface area contributed by atoms with E-state index in [1.165, 1.54) is 0 Å². The molecule has 0 bridgehead atoms. The van der Waals surface area contributed by atoms with E-state index >= 15 is 0 Å². The van der Waals surface area contributed by atoms with E-state index in [0.717, 1.165) is 5.56 Å². The predicted molar refractivity (Wildman–Crippen MR) is 113 cm³/mol. The van der Waals surface area contributed by atoms with Crippen molar-refractivity contribution >= 4 is 21.6 Å². The van der Waals surface area contributed by atoms with Gasteiger partial charge in [-0.05, 0) is 69.2 Å². The molecular weight excluding hydrogens is 404 g/mol. The number of anilines is 1. The van der Waals surface area contributed by atoms with Gasteiger partial charge in [0.15, 0.2) is 5.82 Å². The molecule has 2 N–H and O–H groups in total. The first-order chi connectivity index (χ1) is 14.0. The third kappa shape index (κ3) is 4.68. The molecular formula is C21H24N4O4S. The summed E-state index contributed by atoms with van der Waals surface area (Å²) < 4.78 is 33.0. The number of rotatable bonds is 6. The Hall–Kier alpha value is -3.20. The zero-order chi connectivity index (χ0) is 22.1. The number of carbonyl (C=O) groups is 1. The van der Waals surface area contributed by atoms with Crippen LogP contribution in [0.2, 0.25) is 0 Å². The van der Waals surface area contributed by atoms with Crippen LogP contribution in [0.25, 0.3) is 0 Å². The Labute approximate surface area is 175 Å². The Kier molecular flexibility index (Phi) is 5.67. The summed E-state index contributed by atoms with van der Waals surface area (Å²) in [6.07, 6.45) is 0. The van der Waals surface area contributed by atoms with Gasteiger partial charge in [0.1, 0.15) is 0 Å². The number of hydrogen-bond donors (Lipinski definition) is 2. The highest BCUT2D eigenvalue weighted by Crippen LogP contribution is 2.22. The molecule has 1 amide bonds. The summed E-state index contributed by atoms with van der Waals surface area (Å²) in [7, 11) is -3.74. The molecule has 0 aliphatic rings. The first-order valence-corrected chi connectivity index (χ1v) is 10.8. The van der Waals surface area contributed by atoms with Crippen LogP contribution in [-0.4, -0.2) is 24.5 Å². The molecule has 0 saturated carbocycles. The topological polar surface area (TPSA) is 114 Å². The molecule has 0 fully saturated rings. The van der Waals surface area contributed by atoms with E-state index in [2.05, 4.69) is 20.2 Å². The second-order valence-electron chi connectivity index (χ2n) is 7.67. The molecule has 0 saturated heterocycles. The zero-order valence-electron chi connectivity index (χ0n) is 17.5. The molecule has 0 aliphatic carbocycles. The Morgan fingerprint density at radius 1 is 1.03 bits per heavy atom. The van der Waals surface area contributed by atoms with Gasteiger partial charge in [-0.1, -0.05) is 17.3 Å². The van der Waals surface area contributed by atoms with E-state index in [-0.39, 0.29) is 10.8 Å². The van der Waals surface area contributed by atoms with Gasteiger partial charge in [-0.15, -0.1) is 0 Å². The normalized spacial score (nSPS) is 11.9. The van der Waals surface area contributed by atoms with Gasteiger partial charge < -0.3 is 9.84 Å². The van der Waals surface area contributed by atoms with Gasteiger partial charge in [-0.3, -0.25) is 9.52 Å². The van der Waals surface area contributed by atoms with Crippen molar-refractivity contribution < 1.29 is 17.7 Å². The van der Waals surface area contributed by atoms with Gasteiger partial charge in [0.2, 0.25) is 5.89 Å². The highest BCUT2D eigenvalue weighted by Gasteiger charge is 2.28. The summed E-state index contributed by atoms with van der Waals surface area (Å²) in [5.41, 5.74) is 1.41.